The maximum Gasteiger partial charge on any atom is 0.138 e. The van der Waals surface area contributed by atoms with E-state index in [1.165, 1.54) is 22.9 Å². The van der Waals surface area contributed by atoms with Crippen LogP contribution in [0.3, 0.4) is 0 Å². The maximum atomic E-state index is 12.0. The number of hydrogen-bond donors (Lipinski definition) is 1. The summed E-state index contributed by atoms with van der Waals surface area (Å²) < 4.78 is 1.26. The molecule has 2 N–H and O–H groups in total. The molecule has 0 amide bonds. The molecule has 1 heterocycles. The summed E-state index contributed by atoms with van der Waals surface area (Å²) >= 11 is 1.71. The summed E-state index contributed by atoms with van der Waals surface area (Å²) in [6.07, 6.45) is 3.48. The molecule has 0 bridgehead atoms. The predicted octanol–water partition coefficient (Wildman–Crippen LogP) is 3.14. The van der Waals surface area contributed by atoms with Crippen molar-refractivity contribution in [2.45, 2.75) is 31.7 Å². The first-order valence-corrected chi connectivity index (χ1v) is 7.34. The molecule has 1 atom stereocenters. The smallest absolute Gasteiger partial charge is 0.138 e. The lowest BCUT2D eigenvalue weighted by molar-refractivity contribution is -0.118. The monoisotopic (exact) mass is 259 g/mol. The number of benzene rings is 1. The van der Waals surface area contributed by atoms with E-state index in [4.69, 9.17) is 5.73 Å². The molecule has 1 fully saturated rings. The molecule has 2 aromatic rings. The summed E-state index contributed by atoms with van der Waals surface area (Å²) in [6.45, 7) is 0. The van der Waals surface area contributed by atoms with Crippen molar-refractivity contribution in [1.29, 1.82) is 0 Å². The minimum Gasteiger partial charge on any atom is -0.327 e. The first-order valence-electron chi connectivity index (χ1n) is 6.46. The highest BCUT2D eigenvalue weighted by Crippen LogP contribution is 2.33. The van der Waals surface area contributed by atoms with Crippen molar-refractivity contribution in [2.24, 2.45) is 11.7 Å². The van der Waals surface area contributed by atoms with Gasteiger partial charge in [-0.1, -0.05) is 18.2 Å². The molecule has 0 spiro atoms. The third-order valence-corrected chi connectivity index (χ3v) is 4.65. The molecule has 1 saturated carbocycles. The van der Waals surface area contributed by atoms with Crippen LogP contribution in [0.1, 0.15) is 24.8 Å². The van der Waals surface area contributed by atoms with Crippen LogP contribution in [0.4, 0.5) is 0 Å². The summed E-state index contributed by atoms with van der Waals surface area (Å²) in [4.78, 5) is 12.0. The number of thiophene rings is 1. The van der Waals surface area contributed by atoms with Crippen molar-refractivity contribution in [3.63, 3.8) is 0 Å². The minimum absolute atomic E-state index is 0.0856. The van der Waals surface area contributed by atoms with Gasteiger partial charge in [0.15, 0.2) is 0 Å². The van der Waals surface area contributed by atoms with Crippen LogP contribution in [0.5, 0.6) is 0 Å². The van der Waals surface area contributed by atoms with Gasteiger partial charge in [0, 0.05) is 23.6 Å². The number of rotatable bonds is 5. The predicted molar refractivity (Wildman–Crippen MR) is 75.9 cm³/mol. The molecule has 18 heavy (non-hydrogen) atoms. The third-order valence-electron chi connectivity index (χ3n) is 3.64. The number of hydrogen-bond acceptors (Lipinski definition) is 3. The molecule has 2 nitrogen and oxygen atoms in total. The lowest BCUT2D eigenvalue weighted by atomic mass is 10.0. The van der Waals surface area contributed by atoms with E-state index in [1.807, 2.05) is 12.1 Å². The van der Waals surface area contributed by atoms with Crippen LogP contribution in [0, 0.1) is 5.92 Å². The second-order valence-corrected chi connectivity index (χ2v) is 6.09. The van der Waals surface area contributed by atoms with E-state index in [-0.39, 0.29) is 11.8 Å². The molecular weight excluding hydrogens is 242 g/mol. The van der Waals surface area contributed by atoms with Gasteiger partial charge in [0.2, 0.25) is 0 Å². The molecule has 3 rings (SSSR count). The van der Waals surface area contributed by atoms with E-state index in [0.717, 1.165) is 5.56 Å². The number of carbonyl (C=O) groups excluding carboxylic acids is 1. The number of carbonyl (C=O) groups is 1. The maximum absolute atomic E-state index is 12.0. The van der Waals surface area contributed by atoms with Crippen LogP contribution in [0.15, 0.2) is 29.6 Å². The van der Waals surface area contributed by atoms with Crippen LogP contribution < -0.4 is 5.73 Å². The van der Waals surface area contributed by atoms with Crippen LogP contribution in [0.25, 0.3) is 10.1 Å². The molecule has 94 valence electrons. The topological polar surface area (TPSA) is 43.1 Å². The Bertz CT molecular complexity index is 571. The summed E-state index contributed by atoms with van der Waals surface area (Å²) in [5, 5.41) is 3.32. The van der Waals surface area contributed by atoms with E-state index in [1.54, 1.807) is 11.3 Å². The molecule has 1 unspecified atom stereocenters. The molecule has 1 aromatic carbocycles. The largest absolute Gasteiger partial charge is 0.327 e. The Kier molecular flexibility index (Phi) is 3.18. The summed E-state index contributed by atoms with van der Waals surface area (Å²) in [5.41, 5.74) is 7.16. The fourth-order valence-electron chi connectivity index (χ4n) is 2.41. The zero-order chi connectivity index (χ0) is 12.5. The number of ketones is 1. The van der Waals surface area contributed by atoms with E-state index in [0.29, 0.717) is 18.8 Å². The Morgan fingerprint density at radius 2 is 2.17 bits per heavy atom. The van der Waals surface area contributed by atoms with Crippen LogP contribution in [-0.2, 0) is 11.2 Å². The molecular formula is C15H17NOS. The van der Waals surface area contributed by atoms with Crippen LogP contribution in [-0.4, -0.2) is 11.8 Å². The Labute approximate surface area is 111 Å². The molecule has 0 aliphatic heterocycles. The average Bonchev–Trinajstić information content (AvgIpc) is 3.14. The Balaban J connectivity index is 1.69. The van der Waals surface area contributed by atoms with Gasteiger partial charge in [0.05, 0.1) is 0 Å². The van der Waals surface area contributed by atoms with E-state index < -0.39 is 0 Å². The Morgan fingerprint density at radius 1 is 1.39 bits per heavy atom. The average molecular weight is 259 g/mol. The highest BCUT2D eigenvalue weighted by molar-refractivity contribution is 7.17. The van der Waals surface area contributed by atoms with Crippen molar-refractivity contribution < 1.29 is 4.79 Å². The zero-order valence-electron chi connectivity index (χ0n) is 10.3. The van der Waals surface area contributed by atoms with Crippen LogP contribution >= 0.6 is 11.3 Å². The standard InChI is InChI=1S/C15H17NOS/c16-14(10-5-6-10)8-12(17)7-11-9-18-15-4-2-1-3-13(11)15/h1-4,9-10,14H,5-8,16H2. The van der Waals surface area contributed by atoms with Gasteiger partial charge in [-0.3, -0.25) is 4.79 Å². The van der Waals surface area contributed by atoms with Crippen molar-refractivity contribution in [3.05, 3.63) is 35.2 Å². The van der Waals surface area contributed by atoms with Crippen molar-refractivity contribution in [3.8, 4) is 0 Å². The highest BCUT2D eigenvalue weighted by Gasteiger charge is 2.29. The minimum atomic E-state index is 0.0856. The first-order chi connectivity index (χ1) is 8.74. The lowest BCUT2D eigenvalue weighted by Crippen LogP contribution is -2.26. The number of nitrogens with two attached hydrogens (primary N) is 1. The SMILES string of the molecule is NC(CC(=O)Cc1csc2ccccc12)C1CC1. The fourth-order valence-corrected chi connectivity index (χ4v) is 3.37. The Morgan fingerprint density at radius 3 is 2.94 bits per heavy atom. The second kappa shape index (κ2) is 4.82. The van der Waals surface area contributed by atoms with E-state index >= 15 is 0 Å². The molecule has 1 aromatic heterocycles. The van der Waals surface area contributed by atoms with Gasteiger partial charge in [-0.2, -0.15) is 0 Å². The molecule has 0 saturated heterocycles. The van der Waals surface area contributed by atoms with Gasteiger partial charge in [-0.25, -0.2) is 0 Å². The summed E-state index contributed by atoms with van der Waals surface area (Å²) in [6, 6.07) is 8.34. The van der Waals surface area contributed by atoms with Gasteiger partial charge >= 0.3 is 0 Å². The molecule has 3 heteroatoms. The third kappa shape index (κ3) is 2.47. The highest BCUT2D eigenvalue weighted by atomic mass is 32.1. The van der Waals surface area contributed by atoms with Gasteiger partial charge in [0.25, 0.3) is 0 Å². The second-order valence-electron chi connectivity index (χ2n) is 5.18. The lowest BCUT2D eigenvalue weighted by Gasteiger charge is -2.08. The van der Waals surface area contributed by atoms with E-state index in [2.05, 4.69) is 17.5 Å². The fraction of sp³-hybridized carbons (Fsp3) is 0.400. The van der Waals surface area contributed by atoms with Gasteiger partial charge in [-0.05, 0) is 41.2 Å². The van der Waals surface area contributed by atoms with Crippen molar-refractivity contribution in [1.82, 2.24) is 0 Å². The molecule has 1 aliphatic carbocycles. The van der Waals surface area contributed by atoms with Crippen molar-refractivity contribution >= 4 is 27.2 Å². The van der Waals surface area contributed by atoms with Gasteiger partial charge in [0.1, 0.15) is 5.78 Å². The quantitative estimate of drug-likeness (QED) is 0.896. The van der Waals surface area contributed by atoms with Crippen molar-refractivity contribution in [2.75, 3.05) is 0 Å². The van der Waals surface area contributed by atoms with Crippen LogP contribution in [0.2, 0.25) is 0 Å². The summed E-state index contributed by atoms with van der Waals surface area (Å²) in [5.74, 6) is 0.881. The van der Waals surface area contributed by atoms with Gasteiger partial charge in [-0.15, -0.1) is 11.3 Å². The zero-order valence-corrected chi connectivity index (χ0v) is 11.1. The van der Waals surface area contributed by atoms with Gasteiger partial charge < -0.3 is 5.73 Å². The number of Topliss-reactive ketones (excluding diaryl/α,β-unsaturated/α-hetero) is 1. The number of fused-ring (bicyclic) bond motifs is 1. The normalized spacial score (nSPS) is 16.9. The molecule has 1 aliphatic rings. The van der Waals surface area contributed by atoms with E-state index in [9.17, 15) is 4.79 Å². The summed E-state index contributed by atoms with van der Waals surface area (Å²) in [7, 11) is 0. The Hall–Kier alpha value is -1.19. The first kappa shape index (κ1) is 11.9. The molecule has 0 radical (unpaired) electrons.